The van der Waals surface area contributed by atoms with E-state index in [9.17, 15) is 0 Å². The van der Waals surface area contributed by atoms with Gasteiger partial charge in [0.05, 0.1) is 0 Å². The Morgan fingerprint density at radius 1 is 1.30 bits per heavy atom. The summed E-state index contributed by atoms with van der Waals surface area (Å²) in [5.41, 5.74) is 0. The molecule has 1 N–H and O–H groups in total. The lowest BCUT2D eigenvalue weighted by Gasteiger charge is -1.82. The number of halogens is 1. The number of phenols is 1. The molecule has 1 aromatic carbocycles. The van der Waals surface area contributed by atoms with E-state index in [0.29, 0.717) is 5.75 Å². The van der Waals surface area contributed by atoms with Gasteiger partial charge in [0.15, 0.2) is 0 Å². The van der Waals surface area contributed by atoms with Crippen LogP contribution >= 0.6 is 11.6 Å². The first-order valence-electron chi connectivity index (χ1n) is 2.59. The largest absolute Gasteiger partial charge is 0.508 e. The lowest BCUT2D eigenvalue weighted by atomic mass is 10.3. The lowest BCUT2D eigenvalue weighted by Crippen LogP contribution is -1.56. The summed E-state index contributed by atoms with van der Waals surface area (Å²) in [5, 5.41) is 8.63. The Hall–Kier alpha value is -1.02. The Morgan fingerprint density at radius 3 is 1.90 bits per heavy atom. The van der Waals surface area contributed by atoms with E-state index in [0.717, 1.165) is 0 Å². The second-order valence-electron chi connectivity index (χ2n) is 1.42. The van der Waals surface area contributed by atoms with E-state index in [1.165, 1.54) is 0 Å². The van der Waals surface area contributed by atoms with E-state index in [1.54, 1.807) is 24.3 Å². The summed E-state index contributed by atoms with van der Waals surface area (Å²) in [6.45, 7) is 0. The van der Waals surface area contributed by atoms with Crippen molar-refractivity contribution < 1.29 is 9.90 Å². The number of carbonyl (C=O) groups is 1. The Bertz CT molecular complexity index is 174. The fourth-order valence-electron chi connectivity index (χ4n) is 0.428. The Kier molecular flexibility index (Phi) is 5.48. The van der Waals surface area contributed by atoms with Crippen LogP contribution in [0.5, 0.6) is 5.75 Å². The molecule has 3 heteroatoms. The predicted molar refractivity (Wildman–Crippen MR) is 40.7 cm³/mol. The van der Waals surface area contributed by atoms with Crippen LogP contribution in [0.4, 0.5) is 0 Å². The first-order valence-corrected chi connectivity index (χ1v) is 3.02. The Balaban J connectivity index is 0.000000236. The highest BCUT2D eigenvalue weighted by Gasteiger charge is 1.74. The zero-order valence-electron chi connectivity index (χ0n) is 5.20. The molecule has 0 saturated carbocycles. The summed E-state index contributed by atoms with van der Waals surface area (Å²) >= 11 is 4.32. The maximum Gasteiger partial charge on any atom is 0.208 e. The molecule has 2 nitrogen and oxygen atoms in total. The van der Waals surface area contributed by atoms with E-state index in [2.05, 4.69) is 11.6 Å². The minimum absolute atomic E-state index is 0.222. The number of hydrogen-bond donors (Lipinski definition) is 1. The quantitative estimate of drug-likeness (QED) is 0.462. The van der Waals surface area contributed by atoms with Crippen molar-refractivity contribution in [2.24, 2.45) is 0 Å². The Labute approximate surface area is 64.1 Å². The number of aromatic hydroxyl groups is 1. The topological polar surface area (TPSA) is 37.3 Å². The summed E-state index contributed by atoms with van der Waals surface area (Å²) in [4.78, 5) is 8.57. The molecule has 0 heterocycles. The van der Waals surface area contributed by atoms with Crippen LogP contribution in [-0.2, 0) is 4.79 Å². The number of carbonyl (C=O) groups excluding carboxylic acids is 1. The third-order valence-electron chi connectivity index (χ3n) is 0.756. The number of rotatable bonds is 0. The van der Waals surface area contributed by atoms with Gasteiger partial charge in [-0.15, -0.1) is 0 Å². The maximum atomic E-state index is 8.63. The minimum Gasteiger partial charge on any atom is -0.508 e. The van der Waals surface area contributed by atoms with Gasteiger partial charge in [-0.05, 0) is 23.7 Å². The molecule has 1 aromatic rings. The van der Waals surface area contributed by atoms with Gasteiger partial charge in [-0.1, -0.05) is 18.2 Å². The second kappa shape index (κ2) is 6.11. The van der Waals surface area contributed by atoms with Crippen molar-refractivity contribution >= 4 is 17.3 Å². The van der Waals surface area contributed by atoms with E-state index in [-0.39, 0.29) is 5.75 Å². The van der Waals surface area contributed by atoms with Gasteiger partial charge in [-0.2, -0.15) is 0 Å². The van der Waals surface area contributed by atoms with Gasteiger partial charge >= 0.3 is 0 Å². The number of benzene rings is 1. The highest BCUT2D eigenvalue weighted by molar-refractivity contribution is 6.54. The van der Waals surface area contributed by atoms with Gasteiger partial charge in [0.1, 0.15) is 5.75 Å². The monoisotopic (exact) mass is 158 g/mol. The summed E-state index contributed by atoms with van der Waals surface area (Å²) in [7, 11) is 0. The fourth-order valence-corrected chi connectivity index (χ4v) is 0.428. The minimum atomic E-state index is 0.222. The molecule has 0 amide bonds. The third-order valence-corrected chi connectivity index (χ3v) is 0.756. The van der Waals surface area contributed by atoms with Crippen LogP contribution in [0.2, 0.25) is 0 Å². The molecule has 0 aromatic heterocycles. The number of para-hydroxylation sites is 1. The van der Waals surface area contributed by atoms with Gasteiger partial charge in [0.2, 0.25) is 5.75 Å². The lowest BCUT2D eigenvalue weighted by molar-refractivity contribution is 0.475. The van der Waals surface area contributed by atoms with Crippen LogP contribution in [-0.4, -0.2) is 10.9 Å². The average molecular weight is 159 g/mol. The molecule has 0 aliphatic carbocycles. The smallest absolute Gasteiger partial charge is 0.208 e. The van der Waals surface area contributed by atoms with Crippen LogP contribution in [0.15, 0.2) is 30.3 Å². The normalized spacial score (nSPS) is 7.30. The molecule has 0 aliphatic rings. The molecule has 0 radical (unpaired) electrons. The molecular weight excluding hydrogens is 152 g/mol. The predicted octanol–water partition coefficient (Wildman–Crippen LogP) is 1.81. The molecular formula is C7H7ClO2. The fraction of sp³-hybridized carbons (Fsp3) is 0. The van der Waals surface area contributed by atoms with Gasteiger partial charge in [-0.25, -0.2) is 0 Å². The van der Waals surface area contributed by atoms with E-state index in [1.807, 2.05) is 6.07 Å². The molecule has 0 saturated heterocycles. The SMILES string of the molecule is O=CCl.Oc1ccccc1. The van der Waals surface area contributed by atoms with E-state index < -0.39 is 0 Å². The van der Waals surface area contributed by atoms with Crippen LogP contribution in [0.3, 0.4) is 0 Å². The first kappa shape index (κ1) is 8.98. The summed E-state index contributed by atoms with van der Waals surface area (Å²) in [6, 6.07) is 8.71. The first-order chi connectivity index (χ1) is 4.81. The van der Waals surface area contributed by atoms with Crippen molar-refractivity contribution in [1.29, 1.82) is 0 Å². The average Bonchev–Trinajstić information content (AvgIpc) is 1.91. The molecule has 0 fully saturated rings. The van der Waals surface area contributed by atoms with Crippen LogP contribution in [0, 0.1) is 0 Å². The van der Waals surface area contributed by atoms with E-state index in [4.69, 9.17) is 9.90 Å². The summed E-state index contributed by atoms with van der Waals surface area (Å²) in [6.07, 6.45) is 0. The van der Waals surface area contributed by atoms with Gasteiger partial charge in [0, 0.05) is 0 Å². The highest BCUT2D eigenvalue weighted by Crippen LogP contribution is 2.02. The van der Waals surface area contributed by atoms with Gasteiger partial charge in [0.25, 0.3) is 0 Å². The van der Waals surface area contributed by atoms with Gasteiger partial charge in [-0.3, -0.25) is 4.79 Å². The maximum absolute atomic E-state index is 8.63. The van der Waals surface area contributed by atoms with Crippen molar-refractivity contribution in [2.45, 2.75) is 0 Å². The van der Waals surface area contributed by atoms with E-state index >= 15 is 0 Å². The highest BCUT2D eigenvalue weighted by atomic mass is 35.5. The zero-order valence-corrected chi connectivity index (χ0v) is 5.95. The van der Waals surface area contributed by atoms with Crippen molar-refractivity contribution in [1.82, 2.24) is 0 Å². The van der Waals surface area contributed by atoms with Crippen molar-refractivity contribution in [3.05, 3.63) is 30.3 Å². The molecule has 0 bridgehead atoms. The molecule has 0 aliphatic heterocycles. The molecule has 10 heavy (non-hydrogen) atoms. The van der Waals surface area contributed by atoms with Crippen molar-refractivity contribution in [3.63, 3.8) is 0 Å². The number of phenolic OH excluding ortho intramolecular Hbond substituents is 1. The van der Waals surface area contributed by atoms with Gasteiger partial charge < -0.3 is 5.11 Å². The van der Waals surface area contributed by atoms with Crippen molar-refractivity contribution in [2.75, 3.05) is 0 Å². The second-order valence-corrected chi connectivity index (χ2v) is 1.60. The number of hydrogen-bond acceptors (Lipinski definition) is 2. The third kappa shape index (κ3) is 5.12. The summed E-state index contributed by atoms with van der Waals surface area (Å²) < 4.78 is 0. The Morgan fingerprint density at radius 2 is 1.70 bits per heavy atom. The zero-order chi connectivity index (χ0) is 7.82. The molecule has 54 valence electrons. The van der Waals surface area contributed by atoms with Crippen molar-refractivity contribution in [3.8, 4) is 5.75 Å². The standard InChI is InChI=1S/C6H6O.CHClO/c7-6-4-2-1-3-5-6;2-1-3/h1-5,7H;1H. The van der Waals surface area contributed by atoms with Crippen LogP contribution < -0.4 is 0 Å². The molecule has 0 spiro atoms. The molecule has 0 unspecified atom stereocenters. The van der Waals surface area contributed by atoms with Crippen LogP contribution in [0.25, 0.3) is 0 Å². The molecule has 1 rings (SSSR count). The molecule has 0 atom stereocenters. The van der Waals surface area contributed by atoms with Crippen LogP contribution in [0.1, 0.15) is 0 Å². The summed E-state index contributed by atoms with van der Waals surface area (Å²) in [5.74, 6) is 0.544.